The fraction of sp³-hybridized carbons (Fsp3) is 0.176. The first kappa shape index (κ1) is 17.1. The maximum atomic E-state index is 12.4. The van der Waals surface area contributed by atoms with E-state index in [9.17, 15) is 13.2 Å². The first-order valence-electron chi connectivity index (χ1n) is 7.49. The summed E-state index contributed by atoms with van der Waals surface area (Å²) in [5, 5.41) is 2.76. The van der Waals surface area contributed by atoms with Crippen molar-refractivity contribution in [1.29, 1.82) is 0 Å². The Kier molecular flexibility index (Phi) is 4.32. The number of aryl methyl sites for hydroxylation is 1. The average molecular weight is 359 g/mol. The summed E-state index contributed by atoms with van der Waals surface area (Å²) >= 11 is 0. The molecule has 0 radical (unpaired) electrons. The molecule has 7 nitrogen and oxygen atoms in total. The third kappa shape index (κ3) is 3.26. The van der Waals surface area contributed by atoms with Gasteiger partial charge in [0.25, 0.3) is 5.91 Å². The molecule has 0 atom stereocenters. The zero-order valence-electron chi connectivity index (χ0n) is 14.0. The summed E-state index contributed by atoms with van der Waals surface area (Å²) in [6, 6.07) is 11.0. The molecule has 0 saturated carbocycles. The van der Waals surface area contributed by atoms with Crippen LogP contribution in [0.4, 0.5) is 5.69 Å². The first-order valence-corrected chi connectivity index (χ1v) is 8.93. The molecule has 0 fully saturated rings. The normalized spacial score (nSPS) is 11.8. The number of sulfonamides is 1. The van der Waals surface area contributed by atoms with Crippen LogP contribution in [0.2, 0.25) is 0 Å². The van der Waals surface area contributed by atoms with Crippen molar-refractivity contribution >= 4 is 32.7 Å². The van der Waals surface area contributed by atoms with Gasteiger partial charge in [-0.25, -0.2) is 17.7 Å². The summed E-state index contributed by atoms with van der Waals surface area (Å²) in [4.78, 5) is 16.8. The van der Waals surface area contributed by atoms with Crippen molar-refractivity contribution in [3.8, 4) is 0 Å². The van der Waals surface area contributed by atoms with Crippen LogP contribution in [0.3, 0.4) is 0 Å². The Balaban J connectivity index is 1.86. The minimum atomic E-state index is -3.53. The molecule has 1 amide bonds. The molecule has 0 aliphatic heterocycles. The van der Waals surface area contributed by atoms with Crippen LogP contribution in [0.1, 0.15) is 16.2 Å². The lowest BCUT2D eigenvalue weighted by molar-refractivity contribution is 0.102. The van der Waals surface area contributed by atoms with Crippen LogP contribution in [-0.4, -0.2) is 37.7 Å². The quantitative estimate of drug-likeness (QED) is 0.773. The van der Waals surface area contributed by atoms with E-state index in [0.717, 1.165) is 4.31 Å². The largest absolute Gasteiger partial charge is 0.439 e. The molecule has 2 aromatic carbocycles. The minimum absolute atomic E-state index is 0.127. The Morgan fingerprint density at radius 3 is 2.44 bits per heavy atom. The van der Waals surface area contributed by atoms with Crippen molar-refractivity contribution in [2.75, 3.05) is 19.4 Å². The molecule has 0 saturated heterocycles. The number of para-hydroxylation sites is 1. The van der Waals surface area contributed by atoms with E-state index in [4.69, 9.17) is 4.42 Å². The fourth-order valence-corrected chi connectivity index (χ4v) is 3.24. The van der Waals surface area contributed by atoms with E-state index in [1.54, 1.807) is 25.1 Å². The molecule has 0 unspecified atom stereocenters. The molecule has 25 heavy (non-hydrogen) atoms. The van der Waals surface area contributed by atoms with E-state index in [0.29, 0.717) is 28.2 Å². The second kappa shape index (κ2) is 6.30. The highest BCUT2D eigenvalue weighted by Crippen LogP contribution is 2.24. The van der Waals surface area contributed by atoms with Crippen LogP contribution in [0, 0.1) is 6.92 Å². The third-order valence-corrected chi connectivity index (χ3v) is 5.49. The van der Waals surface area contributed by atoms with E-state index in [1.807, 2.05) is 0 Å². The van der Waals surface area contributed by atoms with Gasteiger partial charge in [-0.15, -0.1) is 0 Å². The molecule has 1 heterocycles. The zero-order valence-corrected chi connectivity index (χ0v) is 14.8. The van der Waals surface area contributed by atoms with Gasteiger partial charge in [0.1, 0.15) is 5.52 Å². The van der Waals surface area contributed by atoms with Crippen molar-refractivity contribution < 1.29 is 17.6 Å². The number of amides is 1. The average Bonchev–Trinajstić information content (AvgIpc) is 2.96. The Morgan fingerprint density at radius 1 is 1.12 bits per heavy atom. The molecule has 0 aliphatic rings. The van der Waals surface area contributed by atoms with Crippen LogP contribution in [-0.2, 0) is 10.0 Å². The van der Waals surface area contributed by atoms with Gasteiger partial charge >= 0.3 is 0 Å². The topological polar surface area (TPSA) is 92.5 Å². The number of fused-ring (bicyclic) bond motifs is 1. The molecule has 3 rings (SSSR count). The van der Waals surface area contributed by atoms with E-state index in [1.165, 1.54) is 38.4 Å². The Hall–Kier alpha value is -2.71. The van der Waals surface area contributed by atoms with E-state index < -0.39 is 10.0 Å². The van der Waals surface area contributed by atoms with Crippen LogP contribution in [0.5, 0.6) is 0 Å². The Bertz CT molecular complexity index is 1040. The molecule has 1 aromatic heterocycles. The number of hydrogen-bond acceptors (Lipinski definition) is 5. The van der Waals surface area contributed by atoms with Gasteiger partial charge in [0.05, 0.1) is 10.6 Å². The van der Waals surface area contributed by atoms with Crippen LogP contribution in [0.15, 0.2) is 51.8 Å². The number of nitrogens with one attached hydrogen (secondary N) is 1. The van der Waals surface area contributed by atoms with Gasteiger partial charge in [0.2, 0.25) is 10.0 Å². The molecular formula is C17H17N3O4S. The Morgan fingerprint density at radius 2 is 1.80 bits per heavy atom. The van der Waals surface area contributed by atoms with Crippen LogP contribution >= 0.6 is 0 Å². The van der Waals surface area contributed by atoms with Gasteiger partial charge in [0.15, 0.2) is 11.5 Å². The standard InChI is InChI=1S/C17H17N3O4S/c1-11-18-14-5-4-6-15(16(14)24-11)19-17(21)12-7-9-13(10-8-12)25(22,23)20(2)3/h4-10H,1-3H3,(H,19,21). The summed E-state index contributed by atoms with van der Waals surface area (Å²) in [7, 11) is -0.617. The van der Waals surface area contributed by atoms with E-state index in [-0.39, 0.29) is 10.8 Å². The number of hydrogen-bond donors (Lipinski definition) is 1. The molecule has 1 N–H and O–H groups in total. The van der Waals surface area contributed by atoms with E-state index >= 15 is 0 Å². The van der Waals surface area contributed by atoms with Crippen LogP contribution < -0.4 is 5.32 Å². The van der Waals surface area contributed by atoms with Gasteiger partial charge in [0, 0.05) is 26.6 Å². The molecule has 0 bridgehead atoms. The van der Waals surface area contributed by atoms with Crippen molar-refractivity contribution in [3.05, 3.63) is 53.9 Å². The van der Waals surface area contributed by atoms with Crippen LogP contribution in [0.25, 0.3) is 11.1 Å². The highest BCUT2D eigenvalue weighted by Gasteiger charge is 2.18. The molecule has 130 valence electrons. The summed E-state index contributed by atoms with van der Waals surface area (Å²) in [5.74, 6) is 0.144. The van der Waals surface area contributed by atoms with Crippen molar-refractivity contribution in [2.45, 2.75) is 11.8 Å². The number of nitrogens with zero attached hydrogens (tertiary/aromatic N) is 2. The molecule has 0 spiro atoms. The van der Waals surface area contributed by atoms with Gasteiger partial charge in [-0.3, -0.25) is 4.79 Å². The lowest BCUT2D eigenvalue weighted by atomic mass is 10.2. The van der Waals surface area contributed by atoms with Crippen molar-refractivity contribution in [1.82, 2.24) is 9.29 Å². The maximum Gasteiger partial charge on any atom is 0.255 e. The van der Waals surface area contributed by atoms with Gasteiger partial charge in [-0.05, 0) is 36.4 Å². The zero-order chi connectivity index (χ0) is 18.2. The fourth-order valence-electron chi connectivity index (χ4n) is 2.34. The van der Waals surface area contributed by atoms with E-state index in [2.05, 4.69) is 10.3 Å². The second-order valence-corrected chi connectivity index (χ2v) is 7.80. The first-order chi connectivity index (χ1) is 11.8. The summed E-state index contributed by atoms with van der Waals surface area (Å²) in [6.45, 7) is 1.73. The highest BCUT2D eigenvalue weighted by atomic mass is 32.2. The lowest BCUT2D eigenvalue weighted by Crippen LogP contribution is -2.22. The third-order valence-electron chi connectivity index (χ3n) is 3.67. The number of carbonyl (C=O) groups excluding carboxylic acids is 1. The minimum Gasteiger partial charge on any atom is -0.439 e. The number of benzene rings is 2. The van der Waals surface area contributed by atoms with Crippen molar-refractivity contribution in [2.24, 2.45) is 0 Å². The molecular weight excluding hydrogens is 342 g/mol. The number of rotatable bonds is 4. The SMILES string of the molecule is Cc1nc2cccc(NC(=O)c3ccc(S(=O)(=O)N(C)C)cc3)c2o1. The number of carbonyl (C=O) groups is 1. The highest BCUT2D eigenvalue weighted by molar-refractivity contribution is 7.89. The van der Waals surface area contributed by atoms with Crippen molar-refractivity contribution in [3.63, 3.8) is 0 Å². The molecule has 8 heteroatoms. The second-order valence-electron chi connectivity index (χ2n) is 5.65. The maximum absolute atomic E-state index is 12.4. The monoisotopic (exact) mass is 359 g/mol. The smallest absolute Gasteiger partial charge is 0.255 e. The predicted octanol–water partition coefficient (Wildman–Crippen LogP) is 2.64. The number of oxazole rings is 1. The van der Waals surface area contributed by atoms with Gasteiger partial charge < -0.3 is 9.73 Å². The summed E-state index contributed by atoms with van der Waals surface area (Å²) in [6.07, 6.45) is 0. The van der Waals surface area contributed by atoms with Gasteiger partial charge in [-0.2, -0.15) is 0 Å². The number of anilines is 1. The molecule has 0 aliphatic carbocycles. The predicted molar refractivity (Wildman–Crippen MR) is 94.0 cm³/mol. The summed E-state index contributed by atoms with van der Waals surface area (Å²) < 4.78 is 30.8. The van der Waals surface area contributed by atoms with Gasteiger partial charge in [-0.1, -0.05) is 6.07 Å². The molecule has 3 aromatic rings. The lowest BCUT2D eigenvalue weighted by Gasteiger charge is -2.11. The summed E-state index contributed by atoms with van der Waals surface area (Å²) in [5.41, 5.74) is 2.00. The number of aromatic nitrogens is 1. The Labute approximate surface area is 145 Å².